The van der Waals surface area contributed by atoms with Crippen LogP contribution in [0.15, 0.2) is 24.4 Å². The van der Waals surface area contributed by atoms with Crippen molar-refractivity contribution in [2.45, 2.75) is 26.2 Å². The molecule has 0 saturated heterocycles. The lowest BCUT2D eigenvalue weighted by Gasteiger charge is -2.13. The second kappa shape index (κ2) is 3.23. The first-order valence-electron chi connectivity index (χ1n) is 5.63. The molecule has 4 heteroatoms. The van der Waals surface area contributed by atoms with Gasteiger partial charge in [-0.25, -0.2) is 4.98 Å². The molecule has 0 saturated carbocycles. The Morgan fingerprint density at radius 2 is 2.06 bits per heavy atom. The zero-order chi connectivity index (χ0) is 12.2. The minimum absolute atomic E-state index is 0.0892. The maximum Gasteiger partial charge on any atom is 0.194 e. The third kappa shape index (κ3) is 1.60. The van der Waals surface area contributed by atoms with Gasteiger partial charge < -0.3 is 5.73 Å². The van der Waals surface area contributed by atoms with Crippen molar-refractivity contribution in [3.05, 3.63) is 30.1 Å². The van der Waals surface area contributed by atoms with E-state index in [0.717, 1.165) is 16.3 Å². The maximum atomic E-state index is 5.79. The van der Waals surface area contributed by atoms with Crippen LogP contribution in [-0.4, -0.2) is 9.38 Å². The number of imidazole rings is 1. The lowest BCUT2D eigenvalue weighted by Crippen LogP contribution is -2.11. The summed E-state index contributed by atoms with van der Waals surface area (Å²) in [5, 5.41) is 0. The number of nitrogens with zero attached hydrogens (tertiary/aromatic N) is 2. The van der Waals surface area contributed by atoms with E-state index in [9.17, 15) is 0 Å². The summed E-state index contributed by atoms with van der Waals surface area (Å²) in [5.41, 5.74) is 8.99. The Labute approximate surface area is 104 Å². The van der Waals surface area contributed by atoms with E-state index in [1.54, 1.807) is 11.3 Å². The van der Waals surface area contributed by atoms with Crippen molar-refractivity contribution in [3.63, 3.8) is 0 Å². The highest BCUT2D eigenvalue weighted by Gasteiger charge is 2.19. The number of anilines is 1. The molecule has 0 aliphatic carbocycles. The number of nitrogen functional groups attached to an aromatic ring is 1. The summed E-state index contributed by atoms with van der Waals surface area (Å²) in [6.45, 7) is 6.54. The van der Waals surface area contributed by atoms with Crippen LogP contribution in [0.25, 0.3) is 15.2 Å². The van der Waals surface area contributed by atoms with Crippen LogP contribution in [-0.2, 0) is 5.41 Å². The van der Waals surface area contributed by atoms with Gasteiger partial charge in [-0.2, -0.15) is 0 Å². The molecule has 0 amide bonds. The van der Waals surface area contributed by atoms with Gasteiger partial charge >= 0.3 is 0 Å². The van der Waals surface area contributed by atoms with Crippen LogP contribution in [0.5, 0.6) is 0 Å². The fourth-order valence-electron chi connectivity index (χ4n) is 1.88. The minimum atomic E-state index is 0.0892. The second-order valence-electron chi connectivity index (χ2n) is 5.36. The van der Waals surface area contributed by atoms with E-state index in [2.05, 4.69) is 37.4 Å². The first-order valence-corrected chi connectivity index (χ1v) is 6.44. The monoisotopic (exact) mass is 245 g/mol. The van der Waals surface area contributed by atoms with Gasteiger partial charge in [-0.05, 0) is 18.2 Å². The number of fused-ring (bicyclic) bond motifs is 3. The second-order valence-corrected chi connectivity index (χ2v) is 6.37. The van der Waals surface area contributed by atoms with Crippen LogP contribution < -0.4 is 5.73 Å². The molecule has 3 rings (SSSR count). The van der Waals surface area contributed by atoms with Gasteiger partial charge in [0.2, 0.25) is 0 Å². The summed E-state index contributed by atoms with van der Waals surface area (Å²) < 4.78 is 3.34. The van der Waals surface area contributed by atoms with Crippen molar-refractivity contribution in [3.8, 4) is 0 Å². The smallest absolute Gasteiger partial charge is 0.194 e. The Hall–Kier alpha value is -1.55. The van der Waals surface area contributed by atoms with Gasteiger partial charge in [0, 0.05) is 17.3 Å². The molecular formula is C13H15N3S. The van der Waals surface area contributed by atoms with Crippen molar-refractivity contribution in [1.82, 2.24) is 9.38 Å². The molecule has 0 spiro atoms. The molecule has 2 N–H and O–H groups in total. The Bertz CT molecular complexity index is 700. The van der Waals surface area contributed by atoms with Gasteiger partial charge in [-0.1, -0.05) is 32.1 Å². The molecule has 2 heterocycles. The molecule has 0 bridgehead atoms. The summed E-state index contributed by atoms with van der Waals surface area (Å²) in [4.78, 5) is 5.73. The van der Waals surface area contributed by atoms with Crippen LogP contribution in [0.4, 0.5) is 5.69 Å². The van der Waals surface area contributed by atoms with E-state index in [1.165, 1.54) is 10.2 Å². The highest BCUT2D eigenvalue weighted by molar-refractivity contribution is 7.23. The van der Waals surface area contributed by atoms with E-state index in [1.807, 2.05) is 12.1 Å². The van der Waals surface area contributed by atoms with E-state index < -0.39 is 0 Å². The molecular weight excluding hydrogens is 230 g/mol. The van der Waals surface area contributed by atoms with Crippen molar-refractivity contribution in [2.75, 3.05) is 5.73 Å². The molecule has 3 nitrogen and oxygen atoms in total. The van der Waals surface area contributed by atoms with Gasteiger partial charge in [0.15, 0.2) is 4.96 Å². The van der Waals surface area contributed by atoms with Gasteiger partial charge in [-0.3, -0.25) is 4.40 Å². The van der Waals surface area contributed by atoms with Crippen molar-refractivity contribution >= 4 is 32.2 Å². The Kier molecular flexibility index (Phi) is 2.01. The molecule has 0 fully saturated rings. The van der Waals surface area contributed by atoms with Crippen LogP contribution in [0.2, 0.25) is 0 Å². The number of rotatable bonds is 0. The summed E-state index contributed by atoms with van der Waals surface area (Å²) >= 11 is 1.68. The zero-order valence-electron chi connectivity index (χ0n) is 10.2. The third-order valence-electron chi connectivity index (χ3n) is 2.89. The van der Waals surface area contributed by atoms with Crippen LogP contribution in [0.3, 0.4) is 0 Å². The van der Waals surface area contributed by atoms with Gasteiger partial charge in [-0.15, -0.1) is 0 Å². The number of nitrogens with two attached hydrogens (primary N) is 1. The minimum Gasteiger partial charge on any atom is -0.399 e. The average molecular weight is 245 g/mol. The van der Waals surface area contributed by atoms with E-state index in [0.29, 0.717) is 0 Å². The molecule has 0 unspecified atom stereocenters. The van der Waals surface area contributed by atoms with Gasteiger partial charge in [0.1, 0.15) is 0 Å². The van der Waals surface area contributed by atoms with E-state index in [4.69, 9.17) is 10.7 Å². The van der Waals surface area contributed by atoms with Crippen molar-refractivity contribution < 1.29 is 0 Å². The Balaban J connectivity index is 2.32. The molecule has 17 heavy (non-hydrogen) atoms. The first kappa shape index (κ1) is 10.6. The average Bonchev–Trinajstić information content (AvgIpc) is 2.72. The highest BCUT2D eigenvalue weighted by Crippen LogP contribution is 2.30. The molecule has 1 aromatic carbocycles. The zero-order valence-corrected chi connectivity index (χ0v) is 11.0. The normalized spacial score (nSPS) is 12.6. The lowest BCUT2D eigenvalue weighted by molar-refractivity contribution is 0.573. The third-order valence-corrected chi connectivity index (χ3v) is 3.90. The van der Waals surface area contributed by atoms with Crippen LogP contribution in [0, 0.1) is 0 Å². The Morgan fingerprint density at radius 1 is 1.29 bits per heavy atom. The summed E-state index contributed by atoms with van der Waals surface area (Å²) in [5.74, 6) is 0. The molecule has 0 atom stereocenters. The topological polar surface area (TPSA) is 43.3 Å². The maximum absolute atomic E-state index is 5.79. The fourth-order valence-corrected chi connectivity index (χ4v) is 2.94. The van der Waals surface area contributed by atoms with Gasteiger partial charge in [0.05, 0.1) is 15.9 Å². The highest BCUT2D eigenvalue weighted by atomic mass is 32.1. The molecule has 0 aliphatic heterocycles. The lowest BCUT2D eigenvalue weighted by atomic mass is 9.93. The quantitative estimate of drug-likeness (QED) is 0.617. The SMILES string of the molecule is CC(C)(C)c1cn2c(n1)sc1cc(N)ccc12. The van der Waals surface area contributed by atoms with Gasteiger partial charge in [0.25, 0.3) is 0 Å². The molecule has 0 radical (unpaired) electrons. The summed E-state index contributed by atoms with van der Waals surface area (Å²) in [6.07, 6.45) is 2.13. The summed E-state index contributed by atoms with van der Waals surface area (Å²) in [7, 11) is 0. The standard InChI is InChI=1S/C13H15N3S/c1-13(2,3)11-7-16-9-5-4-8(14)6-10(9)17-12(16)15-11/h4-7H,14H2,1-3H3. The van der Waals surface area contributed by atoms with E-state index >= 15 is 0 Å². The molecule has 3 aromatic rings. The van der Waals surface area contributed by atoms with Crippen molar-refractivity contribution in [1.29, 1.82) is 0 Å². The number of thiazole rings is 1. The number of aromatic nitrogens is 2. The molecule has 0 aliphatic rings. The van der Waals surface area contributed by atoms with Crippen LogP contribution in [0.1, 0.15) is 26.5 Å². The predicted octanol–water partition coefficient (Wildman–Crippen LogP) is 3.43. The predicted molar refractivity (Wildman–Crippen MR) is 73.7 cm³/mol. The first-order chi connectivity index (χ1) is 7.95. The van der Waals surface area contributed by atoms with Crippen LogP contribution >= 0.6 is 11.3 Å². The molecule has 2 aromatic heterocycles. The fraction of sp³-hybridized carbons (Fsp3) is 0.308. The number of hydrogen-bond acceptors (Lipinski definition) is 3. The van der Waals surface area contributed by atoms with Crippen molar-refractivity contribution in [2.24, 2.45) is 0 Å². The number of hydrogen-bond donors (Lipinski definition) is 1. The van der Waals surface area contributed by atoms with E-state index in [-0.39, 0.29) is 5.41 Å². The molecule has 88 valence electrons. The largest absolute Gasteiger partial charge is 0.399 e. The Morgan fingerprint density at radius 3 is 2.76 bits per heavy atom. The summed E-state index contributed by atoms with van der Waals surface area (Å²) in [6, 6.07) is 6.00. The number of benzene rings is 1.